The van der Waals surface area contributed by atoms with E-state index in [1.807, 2.05) is 18.2 Å². The molecule has 6 nitrogen and oxygen atoms in total. The maximum atomic E-state index is 11.1. The Bertz CT molecular complexity index is 724. The number of fused-ring (bicyclic) bond motifs is 1. The number of aromatic nitrogens is 3. The molecule has 0 saturated heterocycles. The summed E-state index contributed by atoms with van der Waals surface area (Å²) in [5, 5.41) is 17.1. The van der Waals surface area contributed by atoms with Crippen LogP contribution in [-0.4, -0.2) is 26.3 Å². The van der Waals surface area contributed by atoms with Crippen LogP contribution in [0.15, 0.2) is 51.2 Å². The molecule has 94 valence electrons. The predicted molar refractivity (Wildman–Crippen MR) is 67.1 cm³/mol. The normalized spacial score (nSPS) is 10.7. The fourth-order valence-corrected chi connectivity index (χ4v) is 2.33. The zero-order valence-corrected chi connectivity index (χ0v) is 10.3. The number of aromatic carboxylic acids is 1. The van der Waals surface area contributed by atoms with E-state index in [0.717, 1.165) is 11.8 Å². The lowest BCUT2D eigenvalue weighted by molar-refractivity contribution is 0.0692. The molecule has 2 aromatic heterocycles. The van der Waals surface area contributed by atoms with E-state index in [4.69, 9.17) is 9.52 Å². The van der Waals surface area contributed by atoms with Gasteiger partial charge >= 0.3 is 5.97 Å². The van der Waals surface area contributed by atoms with Crippen LogP contribution in [0.25, 0.3) is 11.1 Å². The van der Waals surface area contributed by atoms with Gasteiger partial charge in [0.05, 0.1) is 11.8 Å². The van der Waals surface area contributed by atoms with Crippen molar-refractivity contribution in [3.8, 4) is 0 Å². The number of hydrogen-bond donors (Lipinski definition) is 1. The Morgan fingerprint density at radius 2 is 2.11 bits per heavy atom. The quantitative estimate of drug-likeness (QED) is 0.783. The highest BCUT2D eigenvalue weighted by molar-refractivity contribution is 7.99. The number of para-hydroxylation sites is 2. The lowest BCUT2D eigenvalue weighted by Crippen LogP contribution is -2.01. The second-order valence-corrected chi connectivity index (χ2v) is 4.54. The summed E-state index contributed by atoms with van der Waals surface area (Å²) in [5.74, 6) is -1.06. The van der Waals surface area contributed by atoms with E-state index in [0.29, 0.717) is 16.3 Å². The fraction of sp³-hybridized carbons (Fsp3) is 0. The highest BCUT2D eigenvalue weighted by Crippen LogP contribution is 2.30. The third-order valence-electron chi connectivity index (χ3n) is 2.38. The molecule has 0 spiro atoms. The second kappa shape index (κ2) is 4.69. The van der Waals surface area contributed by atoms with Gasteiger partial charge < -0.3 is 9.52 Å². The van der Waals surface area contributed by atoms with Gasteiger partial charge in [-0.2, -0.15) is 5.10 Å². The lowest BCUT2D eigenvalue weighted by Gasteiger charge is -1.99. The van der Waals surface area contributed by atoms with E-state index in [-0.39, 0.29) is 10.6 Å². The molecule has 0 aliphatic rings. The zero-order chi connectivity index (χ0) is 13.2. The van der Waals surface area contributed by atoms with Crippen LogP contribution in [0.1, 0.15) is 10.4 Å². The van der Waals surface area contributed by atoms with Gasteiger partial charge in [-0.25, -0.2) is 9.78 Å². The minimum Gasteiger partial charge on any atom is -0.478 e. The molecular formula is C12H7N3O3S. The third kappa shape index (κ3) is 2.27. The molecular weight excluding hydrogens is 266 g/mol. The summed E-state index contributed by atoms with van der Waals surface area (Å²) in [6.45, 7) is 0. The van der Waals surface area contributed by atoms with Gasteiger partial charge in [-0.1, -0.05) is 12.1 Å². The Balaban J connectivity index is 1.99. The van der Waals surface area contributed by atoms with Crippen LogP contribution in [0.2, 0.25) is 0 Å². The molecule has 3 aromatic rings. The number of carboxylic acid groups (broad SMARTS) is 1. The van der Waals surface area contributed by atoms with E-state index in [9.17, 15) is 4.79 Å². The van der Waals surface area contributed by atoms with Crippen molar-refractivity contribution in [3.63, 3.8) is 0 Å². The minimum atomic E-state index is -1.06. The maximum absolute atomic E-state index is 11.1. The molecule has 0 aliphatic heterocycles. The fourth-order valence-electron chi connectivity index (χ4n) is 1.53. The monoisotopic (exact) mass is 273 g/mol. The molecule has 1 N–H and O–H groups in total. The average Bonchev–Trinajstić information content (AvgIpc) is 2.81. The van der Waals surface area contributed by atoms with Gasteiger partial charge in [0, 0.05) is 0 Å². The van der Waals surface area contributed by atoms with Gasteiger partial charge in [0.2, 0.25) is 0 Å². The minimum absolute atomic E-state index is 0.0715. The molecule has 7 heteroatoms. The highest BCUT2D eigenvalue weighted by Gasteiger charge is 2.15. The molecule has 0 saturated carbocycles. The van der Waals surface area contributed by atoms with Crippen LogP contribution in [0.4, 0.5) is 0 Å². The zero-order valence-electron chi connectivity index (χ0n) is 9.48. The number of hydrogen-bond acceptors (Lipinski definition) is 6. The number of rotatable bonds is 3. The van der Waals surface area contributed by atoms with E-state index in [2.05, 4.69) is 15.2 Å². The molecule has 0 bridgehead atoms. The first-order valence-electron chi connectivity index (χ1n) is 5.32. The van der Waals surface area contributed by atoms with Crippen molar-refractivity contribution < 1.29 is 14.3 Å². The summed E-state index contributed by atoms with van der Waals surface area (Å²) < 4.78 is 5.50. The van der Waals surface area contributed by atoms with E-state index in [1.54, 1.807) is 6.07 Å². The molecule has 0 fully saturated rings. The van der Waals surface area contributed by atoms with Gasteiger partial charge in [-0.05, 0) is 30.0 Å². The van der Waals surface area contributed by atoms with E-state index in [1.165, 1.54) is 12.3 Å². The van der Waals surface area contributed by atoms with Crippen molar-refractivity contribution in [1.29, 1.82) is 0 Å². The average molecular weight is 273 g/mol. The van der Waals surface area contributed by atoms with Crippen molar-refractivity contribution in [2.75, 3.05) is 0 Å². The van der Waals surface area contributed by atoms with Gasteiger partial charge in [0.15, 0.2) is 5.58 Å². The van der Waals surface area contributed by atoms with Crippen LogP contribution in [0.3, 0.4) is 0 Å². The van der Waals surface area contributed by atoms with Crippen LogP contribution in [0.5, 0.6) is 0 Å². The van der Waals surface area contributed by atoms with Gasteiger partial charge in [-0.15, -0.1) is 5.10 Å². The van der Waals surface area contributed by atoms with Crippen LogP contribution in [-0.2, 0) is 0 Å². The maximum Gasteiger partial charge on any atom is 0.338 e. The molecule has 0 atom stereocenters. The Morgan fingerprint density at radius 1 is 1.26 bits per heavy atom. The first kappa shape index (κ1) is 11.7. The number of carboxylic acids is 1. The Labute approximate surface area is 111 Å². The molecule has 2 heterocycles. The van der Waals surface area contributed by atoms with Gasteiger partial charge in [0.25, 0.3) is 5.22 Å². The third-order valence-corrected chi connectivity index (χ3v) is 3.22. The molecule has 0 amide bonds. The SMILES string of the molecule is O=C(O)c1ccnnc1Sc1nc2ccccc2o1. The number of oxazole rings is 1. The molecule has 1 aromatic carbocycles. The summed E-state index contributed by atoms with van der Waals surface area (Å²) >= 11 is 1.04. The van der Waals surface area contributed by atoms with Crippen LogP contribution >= 0.6 is 11.8 Å². The van der Waals surface area contributed by atoms with Crippen molar-refractivity contribution in [1.82, 2.24) is 15.2 Å². The smallest absolute Gasteiger partial charge is 0.338 e. The molecule has 0 radical (unpaired) electrons. The summed E-state index contributed by atoms with van der Waals surface area (Å²) in [6.07, 6.45) is 1.33. The lowest BCUT2D eigenvalue weighted by atomic mass is 10.3. The molecule has 0 unspecified atom stereocenters. The molecule has 19 heavy (non-hydrogen) atoms. The number of nitrogens with zero attached hydrogens (tertiary/aromatic N) is 3. The predicted octanol–water partition coefficient (Wildman–Crippen LogP) is 2.47. The van der Waals surface area contributed by atoms with Crippen molar-refractivity contribution in [2.45, 2.75) is 10.2 Å². The second-order valence-electron chi connectivity index (χ2n) is 3.60. The Hall–Kier alpha value is -2.41. The largest absolute Gasteiger partial charge is 0.478 e. The first-order chi connectivity index (χ1) is 9.24. The van der Waals surface area contributed by atoms with Gasteiger partial charge in [0.1, 0.15) is 10.5 Å². The van der Waals surface area contributed by atoms with Gasteiger partial charge in [-0.3, -0.25) is 0 Å². The Kier molecular flexibility index (Phi) is 2.88. The summed E-state index contributed by atoms with van der Waals surface area (Å²) in [4.78, 5) is 15.3. The summed E-state index contributed by atoms with van der Waals surface area (Å²) in [5.41, 5.74) is 1.43. The van der Waals surface area contributed by atoms with Crippen molar-refractivity contribution in [3.05, 3.63) is 42.1 Å². The van der Waals surface area contributed by atoms with Crippen molar-refractivity contribution in [2.24, 2.45) is 0 Å². The number of carbonyl (C=O) groups is 1. The molecule has 0 aliphatic carbocycles. The Morgan fingerprint density at radius 3 is 2.89 bits per heavy atom. The van der Waals surface area contributed by atoms with Crippen LogP contribution in [0, 0.1) is 0 Å². The topological polar surface area (TPSA) is 89.1 Å². The summed E-state index contributed by atoms with van der Waals surface area (Å²) in [6, 6.07) is 8.69. The highest BCUT2D eigenvalue weighted by atomic mass is 32.2. The molecule has 3 rings (SSSR count). The van der Waals surface area contributed by atoms with E-state index >= 15 is 0 Å². The van der Waals surface area contributed by atoms with Crippen molar-refractivity contribution >= 4 is 28.8 Å². The number of benzene rings is 1. The summed E-state index contributed by atoms with van der Waals surface area (Å²) in [7, 11) is 0. The standard InChI is InChI=1S/C12H7N3O3S/c16-11(17)7-5-6-13-15-10(7)19-12-14-8-3-1-2-4-9(8)18-12/h1-6H,(H,16,17). The first-order valence-corrected chi connectivity index (χ1v) is 6.14. The van der Waals surface area contributed by atoms with Crippen LogP contribution < -0.4 is 0 Å². The van der Waals surface area contributed by atoms with E-state index < -0.39 is 5.97 Å².